The molecule has 6 N–H and O–H groups in total. The van der Waals surface area contributed by atoms with Gasteiger partial charge in [-0.2, -0.15) is 0 Å². The number of hydrogen-bond donors (Lipinski definition) is 5. The maximum absolute atomic E-state index is 12.6. The maximum Gasteiger partial charge on any atom is 0.333 e. The third-order valence-electron chi connectivity index (χ3n) is 4.60. The lowest BCUT2D eigenvalue weighted by Crippen LogP contribution is -2.62. The number of unbranched alkanes of at least 4 members (excludes halogenated alkanes) is 1. The third kappa shape index (κ3) is 11.6. The van der Waals surface area contributed by atoms with Crippen molar-refractivity contribution in [3.8, 4) is 0 Å². The summed E-state index contributed by atoms with van der Waals surface area (Å²) in [6.45, 7) is 0.974. The second kappa shape index (κ2) is 14.9. The van der Waals surface area contributed by atoms with Crippen molar-refractivity contribution in [2.24, 2.45) is 5.73 Å². The van der Waals surface area contributed by atoms with Gasteiger partial charge < -0.3 is 36.5 Å². The van der Waals surface area contributed by atoms with Gasteiger partial charge in [-0.05, 0) is 25.7 Å². The summed E-state index contributed by atoms with van der Waals surface area (Å²) in [6.07, 6.45) is -1.49. The molecule has 0 bridgehead atoms. The van der Waals surface area contributed by atoms with Crippen LogP contribution in [0, 0.1) is 20.2 Å². The Morgan fingerprint density at radius 3 is 2.20 bits per heavy atom. The number of carboxylic acids is 1. The van der Waals surface area contributed by atoms with Gasteiger partial charge in [0.05, 0.1) is 0 Å². The number of nitrogens with two attached hydrogens (primary N) is 1. The van der Waals surface area contributed by atoms with Crippen LogP contribution in [0.2, 0.25) is 0 Å². The van der Waals surface area contributed by atoms with E-state index < -0.39 is 70.5 Å². The van der Waals surface area contributed by atoms with Gasteiger partial charge in [-0.3, -0.25) is 19.2 Å². The monoisotopic (exact) mass is 508 g/mol. The molecule has 3 atom stereocenters. The summed E-state index contributed by atoms with van der Waals surface area (Å²) in [5.41, 5.74) is 3.27. The molecule has 198 valence electrons. The standard InChI is InChI=1S/C17H28N6O12/c1-3-17(18,16(28)29)15(27)21-12(6-4-5-7-19-13(25)10(2)24)14(26)20-8-11(35-23(32)33)9-34-22(30)31/h11-12H,3-9,18H2,1-2H3,(H,19,25)(H,20,26)(H,21,27)(H,28,29)/t11-,12-,17?/m0/s1. The van der Waals surface area contributed by atoms with Crippen molar-refractivity contribution in [3.05, 3.63) is 20.2 Å². The number of carbonyl (C=O) groups is 5. The second-order valence-electron chi connectivity index (χ2n) is 7.18. The van der Waals surface area contributed by atoms with Crippen LogP contribution in [0.25, 0.3) is 0 Å². The van der Waals surface area contributed by atoms with Crippen LogP contribution in [0.4, 0.5) is 0 Å². The van der Waals surface area contributed by atoms with Crippen molar-refractivity contribution in [1.29, 1.82) is 0 Å². The van der Waals surface area contributed by atoms with Crippen LogP contribution in [0.5, 0.6) is 0 Å². The first kappa shape index (κ1) is 30.9. The Hall–Kier alpha value is -4.09. The zero-order valence-electron chi connectivity index (χ0n) is 19.0. The molecule has 0 saturated heterocycles. The number of amides is 3. The highest BCUT2D eigenvalue weighted by Gasteiger charge is 2.42. The quantitative estimate of drug-likeness (QED) is 0.0419. The number of rotatable bonds is 18. The van der Waals surface area contributed by atoms with E-state index >= 15 is 0 Å². The third-order valence-corrected chi connectivity index (χ3v) is 4.60. The molecular weight excluding hydrogens is 480 g/mol. The van der Waals surface area contributed by atoms with E-state index in [0.29, 0.717) is 0 Å². The van der Waals surface area contributed by atoms with Gasteiger partial charge in [0.15, 0.2) is 5.54 Å². The molecule has 1 unspecified atom stereocenters. The van der Waals surface area contributed by atoms with Crippen LogP contribution in [0.3, 0.4) is 0 Å². The Morgan fingerprint density at radius 2 is 1.71 bits per heavy atom. The Kier molecular flexibility index (Phi) is 13.2. The van der Waals surface area contributed by atoms with Gasteiger partial charge in [0.2, 0.25) is 11.7 Å². The normalized spacial score (nSPS) is 13.8. The first-order chi connectivity index (χ1) is 16.2. The average molecular weight is 508 g/mol. The molecule has 0 saturated carbocycles. The topological polar surface area (TPSA) is 272 Å². The van der Waals surface area contributed by atoms with E-state index in [0.717, 1.165) is 6.92 Å². The summed E-state index contributed by atoms with van der Waals surface area (Å²) >= 11 is 0. The van der Waals surface area contributed by atoms with E-state index in [-0.39, 0.29) is 32.2 Å². The van der Waals surface area contributed by atoms with Gasteiger partial charge in [-0.1, -0.05) is 6.92 Å². The zero-order valence-corrected chi connectivity index (χ0v) is 19.0. The first-order valence-electron chi connectivity index (χ1n) is 10.2. The van der Waals surface area contributed by atoms with E-state index in [4.69, 9.17) is 5.73 Å². The zero-order chi connectivity index (χ0) is 27.2. The van der Waals surface area contributed by atoms with E-state index in [9.17, 15) is 49.3 Å². The molecule has 0 spiro atoms. The lowest BCUT2D eigenvalue weighted by Gasteiger charge is -2.26. The summed E-state index contributed by atoms with van der Waals surface area (Å²) < 4.78 is 0. The van der Waals surface area contributed by atoms with Crippen LogP contribution < -0.4 is 21.7 Å². The number of Topliss-reactive ketones (excluding diaryl/α,β-unsaturated/α-hetero) is 1. The van der Waals surface area contributed by atoms with Crippen molar-refractivity contribution >= 4 is 29.5 Å². The predicted molar refractivity (Wildman–Crippen MR) is 112 cm³/mol. The first-order valence-corrected chi connectivity index (χ1v) is 10.2. The Balaban J connectivity index is 5.27. The van der Waals surface area contributed by atoms with Crippen molar-refractivity contribution in [2.75, 3.05) is 19.7 Å². The fraction of sp³-hybridized carbons (Fsp3) is 0.706. The molecule has 18 nitrogen and oxygen atoms in total. The molecule has 0 aromatic carbocycles. The average Bonchev–Trinajstić information content (AvgIpc) is 2.77. The fourth-order valence-corrected chi connectivity index (χ4v) is 2.49. The highest BCUT2D eigenvalue weighted by molar-refractivity contribution is 6.35. The summed E-state index contributed by atoms with van der Waals surface area (Å²) in [5, 5.41) is 34.4. The Bertz CT molecular complexity index is 821. The SMILES string of the molecule is CCC(N)(C(=O)O)C(=O)N[C@@H](CCCCNC(=O)C(C)=O)C(=O)NC[C@@H](CO[N+](=O)[O-])O[N+](=O)[O-]. The maximum atomic E-state index is 12.6. The molecule has 0 aromatic heterocycles. The minimum atomic E-state index is -2.34. The van der Waals surface area contributed by atoms with Crippen LogP contribution in [-0.2, 0) is 33.6 Å². The molecule has 0 fully saturated rings. The number of carboxylic acid groups (broad SMARTS) is 1. The second-order valence-corrected chi connectivity index (χ2v) is 7.18. The molecule has 3 amide bonds. The van der Waals surface area contributed by atoms with Gasteiger partial charge in [0.25, 0.3) is 22.0 Å². The molecule has 18 heteroatoms. The number of nitrogens with one attached hydrogen (secondary N) is 3. The summed E-state index contributed by atoms with van der Waals surface area (Å²) in [6, 6.07) is -1.37. The van der Waals surface area contributed by atoms with Gasteiger partial charge >= 0.3 is 5.97 Å². The molecule has 35 heavy (non-hydrogen) atoms. The van der Waals surface area contributed by atoms with Gasteiger partial charge in [-0.15, -0.1) is 20.2 Å². The fourth-order valence-electron chi connectivity index (χ4n) is 2.49. The van der Waals surface area contributed by atoms with Gasteiger partial charge in [0.1, 0.15) is 18.8 Å². The van der Waals surface area contributed by atoms with E-state index in [2.05, 4.69) is 25.6 Å². The van der Waals surface area contributed by atoms with Crippen LogP contribution in [0.15, 0.2) is 0 Å². The lowest BCUT2D eigenvalue weighted by molar-refractivity contribution is -0.789. The minimum absolute atomic E-state index is 0.0720. The predicted octanol–water partition coefficient (Wildman–Crippen LogP) is -2.56. The molecule has 0 aliphatic carbocycles. The smallest absolute Gasteiger partial charge is 0.333 e. The summed E-state index contributed by atoms with van der Waals surface area (Å²) in [7, 11) is 0. The molecule has 0 aromatic rings. The van der Waals surface area contributed by atoms with E-state index in [1.54, 1.807) is 0 Å². The van der Waals surface area contributed by atoms with E-state index in [1.165, 1.54) is 6.92 Å². The van der Waals surface area contributed by atoms with Crippen LogP contribution in [0.1, 0.15) is 39.5 Å². The number of nitrogens with zero attached hydrogens (tertiary/aromatic N) is 2. The number of carbonyl (C=O) groups excluding carboxylic acids is 4. The summed E-state index contributed by atoms with van der Waals surface area (Å²) in [4.78, 5) is 87.7. The molecule has 0 rings (SSSR count). The minimum Gasteiger partial charge on any atom is -0.479 e. The van der Waals surface area contributed by atoms with Crippen molar-refractivity contribution in [2.45, 2.75) is 57.2 Å². The highest BCUT2D eigenvalue weighted by Crippen LogP contribution is 2.10. The molecule has 0 heterocycles. The van der Waals surface area contributed by atoms with Crippen molar-refractivity contribution in [3.63, 3.8) is 0 Å². The van der Waals surface area contributed by atoms with Crippen molar-refractivity contribution < 1.29 is 48.9 Å². The largest absolute Gasteiger partial charge is 0.479 e. The van der Waals surface area contributed by atoms with Gasteiger partial charge in [0, 0.05) is 20.0 Å². The molecule has 0 aliphatic rings. The number of ketones is 1. The van der Waals surface area contributed by atoms with E-state index in [1.807, 2.05) is 0 Å². The summed E-state index contributed by atoms with van der Waals surface area (Å²) in [5.74, 6) is -5.24. The lowest BCUT2D eigenvalue weighted by atomic mass is 9.95. The number of hydrogen-bond acceptors (Lipinski definition) is 12. The molecular formula is C17H28N6O12. The molecule has 0 radical (unpaired) electrons. The Morgan fingerprint density at radius 1 is 1.09 bits per heavy atom. The molecule has 0 aliphatic heterocycles. The van der Waals surface area contributed by atoms with Crippen LogP contribution >= 0.6 is 0 Å². The van der Waals surface area contributed by atoms with Gasteiger partial charge in [-0.25, -0.2) is 4.79 Å². The Labute approximate surface area is 198 Å². The highest BCUT2D eigenvalue weighted by atomic mass is 17.0. The van der Waals surface area contributed by atoms with Crippen LogP contribution in [-0.4, -0.2) is 82.1 Å². The number of aliphatic carboxylic acids is 1. The van der Waals surface area contributed by atoms with Crippen molar-refractivity contribution in [1.82, 2.24) is 16.0 Å².